The Labute approximate surface area is 93.9 Å². The van der Waals surface area contributed by atoms with Crippen molar-refractivity contribution in [2.75, 3.05) is 32.7 Å². The Morgan fingerprint density at radius 1 is 1.53 bits per heavy atom. The number of hydrogen-bond acceptors (Lipinski definition) is 3. The number of piperidine rings is 1. The summed E-state index contributed by atoms with van der Waals surface area (Å²) in [6.45, 7) is 9.75. The smallest absolute Gasteiger partial charge is 0.0524 e. The highest BCUT2D eigenvalue weighted by atomic mass is 16.3. The summed E-state index contributed by atoms with van der Waals surface area (Å²) in [5.41, 5.74) is 0. The Morgan fingerprint density at radius 3 is 3.00 bits per heavy atom. The van der Waals surface area contributed by atoms with E-state index in [1.165, 1.54) is 25.9 Å². The summed E-state index contributed by atoms with van der Waals surface area (Å²) in [6, 6.07) is 0. The van der Waals surface area contributed by atoms with E-state index in [0.717, 1.165) is 32.0 Å². The molecule has 2 N–H and O–H groups in total. The van der Waals surface area contributed by atoms with Gasteiger partial charge in [0.05, 0.1) is 6.10 Å². The molecule has 0 amide bonds. The van der Waals surface area contributed by atoms with Gasteiger partial charge in [0.1, 0.15) is 0 Å². The van der Waals surface area contributed by atoms with Crippen LogP contribution in [-0.4, -0.2) is 48.8 Å². The average molecular weight is 214 g/mol. The topological polar surface area (TPSA) is 35.5 Å². The van der Waals surface area contributed by atoms with Crippen LogP contribution in [0.2, 0.25) is 0 Å². The SMILES string of the molecule is CCNCC1CCCN(CCC(C)O)C1. The molecule has 3 heteroatoms. The molecule has 90 valence electrons. The van der Waals surface area contributed by atoms with Gasteiger partial charge in [0.2, 0.25) is 0 Å². The van der Waals surface area contributed by atoms with Gasteiger partial charge in [-0.15, -0.1) is 0 Å². The largest absolute Gasteiger partial charge is 0.393 e. The van der Waals surface area contributed by atoms with Crippen LogP contribution in [0.15, 0.2) is 0 Å². The van der Waals surface area contributed by atoms with E-state index in [0.29, 0.717) is 0 Å². The van der Waals surface area contributed by atoms with E-state index in [-0.39, 0.29) is 6.10 Å². The quantitative estimate of drug-likeness (QED) is 0.694. The van der Waals surface area contributed by atoms with Gasteiger partial charge >= 0.3 is 0 Å². The van der Waals surface area contributed by atoms with Crippen LogP contribution in [0.1, 0.15) is 33.1 Å². The average Bonchev–Trinajstić information content (AvgIpc) is 2.24. The molecule has 0 aromatic heterocycles. The van der Waals surface area contributed by atoms with Crippen molar-refractivity contribution >= 4 is 0 Å². The second-order valence-electron chi connectivity index (χ2n) is 4.75. The summed E-state index contributed by atoms with van der Waals surface area (Å²) >= 11 is 0. The summed E-state index contributed by atoms with van der Waals surface area (Å²) in [6.07, 6.45) is 3.43. The third kappa shape index (κ3) is 5.50. The molecule has 0 spiro atoms. The molecule has 0 aliphatic carbocycles. The number of hydrogen-bond donors (Lipinski definition) is 2. The highest BCUT2D eigenvalue weighted by Crippen LogP contribution is 2.16. The molecule has 1 heterocycles. The van der Waals surface area contributed by atoms with Crippen LogP contribution in [-0.2, 0) is 0 Å². The minimum Gasteiger partial charge on any atom is -0.393 e. The highest BCUT2D eigenvalue weighted by Gasteiger charge is 2.19. The first-order valence-electron chi connectivity index (χ1n) is 6.33. The molecule has 15 heavy (non-hydrogen) atoms. The summed E-state index contributed by atoms with van der Waals surface area (Å²) < 4.78 is 0. The molecule has 0 radical (unpaired) electrons. The molecule has 1 aliphatic heterocycles. The first-order chi connectivity index (χ1) is 7.22. The van der Waals surface area contributed by atoms with E-state index in [1.54, 1.807) is 0 Å². The number of likely N-dealkylation sites (tertiary alicyclic amines) is 1. The van der Waals surface area contributed by atoms with E-state index in [1.807, 2.05) is 6.92 Å². The standard InChI is InChI=1S/C12H26N2O/c1-3-13-9-12-5-4-7-14(10-12)8-6-11(2)15/h11-13,15H,3-10H2,1-2H3. The lowest BCUT2D eigenvalue weighted by Gasteiger charge is -2.33. The van der Waals surface area contributed by atoms with Gasteiger partial charge < -0.3 is 15.3 Å². The second kappa shape index (κ2) is 7.20. The predicted octanol–water partition coefficient (Wildman–Crippen LogP) is 1.08. The fourth-order valence-corrected chi connectivity index (χ4v) is 2.24. The first kappa shape index (κ1) is 12.9. The van der Waals surface area contributed by atoms with Gasteiger partial charge in [0, 0.05) is 13.1 Å². The van der Waals surface area contributed by atoms with Crippen LogP contribution in [0.4, 0.5) is 0 Å². The maximum absolute atomic E-state index is 9.25. The van der Waals surface area contributed by atoms with Crippen molar-refractivity contribution in [2.45, 2.75) is 39.2 Å². The Hall–Kier alpha value is -0.120. The number of aliphatic hydroxyl groups excluding tert-OH is 1. The van der Waals surface area contributed by atoms with E-state index >= 15 is 0 Å². The van der Waals surface area contributed by atoms with Crippen molar-refractivity contribution in [1.29, 1.82) is 0 Å². The van der Waals surface area contributed by atoms with Gasteiger partial charge in [-0.1, -0.05) is 6.92 Å². The normalized spacial score (nSPS) is 25.4. The molecule has 0 bridgehead atoms. The van der Waals surface area contributed by atoms with Crippen molar-refractivity contribution in [1.82, 2.24) is 10.2 Å². The Balaban J connectivity index is 2.17. The Bertz CT molecular complexity index is 162. The molecule has 1 aliphatic rings. The maximum atomic E-state index is 9.25. The molecule has 1 rings (SSSR count). The zero-order chi connectivity index (χ0) is 11.1. The molecule has 1 fully saturated rings. The number of nitrogens with one attached hydrogen (secondary N) is 1. The van der Waals surface area contributed by atoms with Crippen LogP contribution in [0, 0.1) is 5.92 Å². The van der Waals surface area contributed by atoms with E-state index in [2.05, 4.69) is 17.1 Å². The van der Waals surface area contributed by atoms with Crippen LogP contribution < -0.4 is 5.32 Å². The second-order valence-corrected chi connectivity index (χ2v) is 4.75. The summed E-state index contributed by atoms with van der Waals surface area (Å²) in [5.74, 6) is 0.813. The molecule has 0 aromatic rings. The predicted molar refractivity (Wildman–Crippen MR) is 64.0 cm³/mol. The van der Waals surface area contributed by atoms with Crippen LogP contribution in [0.3, 0.4) is 0 Å². The molecule has 1 saturated heterocycles. The highest BCUT2D eigenvalue weighted by molar-refractivity contribution is 4.74. The molecule has 0 saturated carbocycles. The zero-order valence-electron chi connectivity index (χ0n) is 10.2. The van der Waals surface area contributed by atoms with Crippen molar-refractivity contribution in [3.63, 3.8) is 0 Å². The molecular weight excluding hydrogens is 188 g/mol. The number of nitrogens with zero attached hydrogens (tertiary/aromatic N) is 1. The molecule has 0 aromatic carbocycles. The van der Waals surface area contributed by atoms with Crippen molar-refractivity contribution in [3.8, 4) is 0 Å². The van der Waals surface area contributed by atoms with Gasteiger partial charge in [0.15, 0.2) is 0 Å². The summed E-state index contributed by atoms with van der Waals surface area (Å²) in [7, 11) is 0. The van der Waals surface area contributed by atoms with Gasteiger partial charge in [-0.2, -0.15) is 0 Å². The molecule has 3 nitrogen and oxygen atoms in total. The minimum absolute atomic E-state index is 0.154. The zero-order valence-corrected chi connectivity index (χ0v) is 10.2. The lowest BCUT2D eigenvalue weighted by atomic mass is 9.97. The van der Waals surface area contributed by atoms with E-state index < -0.39 is 0 Å². The molecule has 2 atom stereocenters. The van der Waals surface area contributed by atoms with Gasteiger partial charge in [-0.05, 0) is 51.7 Å². The molecular formula is C12H26N2O. The van der Waals surface area contributed by atoms with Crippen molar-refractivity contribution < 1.29 is 5.11 Å². The van der Waals surface area contributed by atoms with Crippen LogP contribution in [0.5, 0.6) is 0 Å². The van der Waals surface area contributed by atoms with Gasteiger partial charge in [-0.25, -0.2) is 0 Å². The lowest BCUT2D eigenvalue weighted by Crippen LogP contribution is -2.40. The number of aliphatic hydroxyl groups is 1. The van der Waals surface area contributed by atoms with E-state index in [9.17, 15) is 5.11 Å². The Kier molecular flexibility index (Phi) is 6.22. The fraction of sp³-hybridized carbons (Fsp3) is 1.00. The van der Waals surface area contributed by atoms with Gasteiger partial charge in [0.25, 0.3) is 0 Å². The number of rotatable bonds is 6. The fourth-order valence-electron chi connectivity index (χ4n) is 2.24. The monoisotopic (exact) mass is 214 g/mol. The maximum Gasteiger partial charge on any atom is 0.0524 e. The van der Waals surface area contributed by atoms with Crippen molar-refractivity contribution in [3.05, 3.63) is 0 Å². The Morgan fingerprint density at radius 2 is 2.33 bits per heavy atom. The summed E-state index contributed by atoms with van der Waals surface area (Å²) in [5, 5.41) is 12.7. The van der Waals surface area contributed by atoms with Crippen molar-refractivity contribution in [2.24, 2.45) is 5.92 Å². The minimum atomic E-state index is -0.154. The third-order valence-electron chi connectivity index (χ3n) is 3.15. The van der Waals surface area contributed by atoms with Crippen LogP contribution in [0.25, 0.3) is 0 Å². The lowest BCUT2D eigenvalue weighted by molar-refractivity contribution is 0.127. The van der Waals surface area contributed by atoms with Gasteiger partial charge in [-0.3, -0.25) is 0 Å². The molecule has 2 unspecified atom stereocenters. The summed E-state index contributed by atoms with van der Waals surface area (Å²) in [4.78, 5) is 2.50. The first-order valence-corrected chi connectivity index (χ1v) is 6.33. The van der Waals surface area contributed by atoms with Crippen LogP contribution >= 0.6 is 0 Å². The third-order valence-corrected chi connectivity index (χ3v) is 3.15. The van der Waals surface area contributed by atoms with E-state index in [4.69, 9.17) is 0 Å².